The number of carbonyl (C=O) groups excluding carboxylic acids is 2. The van der Waals surface area contributed by atoms with Crippen molar-refractivity contribution in [3.8, 4) is 5.75 Å². The first-order chi connectivity index (χ1) is 21.4. The summed E-state index contributed by atoms with van der Waals surface area (Å²) in [6.07, 6.45) is 5.39. The average Bonchev–Trinajstić information content (AvgIpc) is 3.27. The lowest BCUT2D eigenvalue weighted by atomic mass is 9.76. The Kier molecular flexibility index (Phi) is 10.9. The van der Waals surface area contributed by atoms with Crippen LogP contribution < -0.4 is 27.2 Å². The highest BCUT2D eigenvalue weighted by molar-refractivity contribution is 6.46. The third kappa shape index (κ3) is 8.22. The van der Waals surface area contributed by atoms with E-state index in [4.69, 9.17) is 21.3 Å². The number of carbonyl (C=O) groups is 2. The molecule has 244 valence electrons. The molecule has 2 amide bonds. The number of hydrogen-bond donors (Lipinski definition) is 4. The first-order valence-corrected chi connectivity index (χ1v) is 16.2. The van der Waals surface area contributed by atoms with Gasteiger partial charge in [-0.25, -0.2) is 11.4 Å². The number of aliphatic imine (C=N–C) groups is 1. The number of amidine groups is 1. The van der Waals surface area contributed by atoms with Gasteiger partial charge in [-0.05, 0) is 97.7 Å². The van der Waals surface area contributed by atoms with Crippen LogP contribution in [0.25, 0.3) is 0 Å². The number of nitrogens with two attached hydrogens (primary N) is 2. The van der Waals surface area contributed by atoms with Gasteiger partial charge in [-0.15, -0.1) is 0 Å². The van der Waals surface area contributed by atoms with E-state index in [0.717, 1.165) is 55.4 Å². The minimum absolute atomic E-state index is 0.0451. The van der Waals surface area contributed by atoms with Crippen molar-refractivity contribution in [3.63, 3.8) is 0 Å². The van der Waals surface area contributed by atoms with E-state index in [0.29, 0.717) is 29.7 Å². The Morgan fingerprint density at radius 1 is 1.11 bits per heavy atom. The lowest BCUT2D eigenvalue weighted by Gasteiger charge is -2.46. The Labute approximate surface area is 268 Å². The Hall–Kier alpha value is -3.92. The fourth-order valence-corrected chi connectivity index (χ4v) is 6.36. The molecular formula is C35H51N7O3. The zero-order valence-corrected chi connectivity index (χ0v) is 27.7. The molecule has 0 radical (unpaired) electrons. The molecule has 1 fully saturated rings. The minimum Gasteiger partial charge on any atom is -0.494 e. The van der Waals surface area contributed by atoms with E-state index >= 15 is 0 Å². The quantitative estimate of drug-likeness (QED) is 0.110. The normalized spacial score (nSPS) is 21.2. The molecule has 10 nitrogen and oxygen atoms in total. The Balaban J connectivity index is 1.58. The number of rotatable bonds is 12. The van der Waals surface area contributed by atoms with E-state index in [1.807, 2.05) is 41.3 Å². The topological polar surface area (TPSA) is 147 Å². The fourth-order valence-electron chi connectivity index (χ4n) is 6.36. The summed E-state index contributed by atoms with van der Waals surface area (Å²) in [7, 11) is 0. The molecule has 0 saturated heterocycles. The third-order valence-electron chi connectivity index (χ3n) is 9.11. The highest BCUT2D eigenvalue weighted by Crippen LogP contribution is 2.47. The minimum atomic E-state index is -0.593. The van der Waals surface area contributed by atoms with Crippen molar-refractivity contribution in [1.29, 1.82) is 0 Å². The van der Waals surface area contributed by atoms with Gasteiger partial charge in [0.2, 0.25) is 0 Å². The van der Waals surface area contributed by atoms with Crippen LogP contribution in [0.1, 0.15) is 108 Å². The summed E-state index contributed by atoms with van der Waals surface area (Å²) in [6.45, 7) is 14.0. The van der Waals surface area contributed by atoms with Crippen molar-refractivity contribution in [3.05, 3.63) is 65.2 Å². The van der Waals surface area contributed by atoms with Gasteiger partial charge in [-0.3, -0.25) is 14.6 Å². The van der Waals surface area contributed by atoms with Gasteiger partial charge in [0.15, 0.2) is 0 Å². The summed E-state index contributed by atoms with van der Waals surface area (Å²) >= 11 is 0. The largest absolute Gasteiger partial charge is 0.494 e. The number of amides is 2. The van der Waals surface area contributed by atoms with Gasteiger partial charge in [-0.1, -0.05) is 53.7 Å². The molecule has 6 N–H and O–H groups in total. The average molecular weight is 618 g/mol. The van der Waals surface area contributed by atoms with Crippen LogP contribution in [0.5, 0.6) is 5.75 Å². The standard InChI is InChI=1S/C35H51N7O3/c1-7-29(25-8-10-27(11-9-25)32(43)38-22-30(36)40-41-37)42-33(44)31(39-35(42)18-16-24(17-19-35)23(2)3)26-12-14-28(15-13-26)45-21-20-34(4,5)6/h8-15,23-24,29,41H,7,16-22,37H2,1-6H3,(H2,36,40)(H,38,43)/t24?,29-,35?/m1/s1. The molecule has 1 aliphatic heterocycles. The van der Waals surface area contributed by atoms with Gasteiger partial charge in [0, 0.05) is 11.1 Å². The number of ether oxygens (including phenoxy) is 1. The maximum Gasteiger partial charge on any atom is 0.275 e. The van der Waals surface area contributed by atoms with Crippen LogP contribution in [0.15, 0.2) is 58.6 Å². The maximum absolute atomic E-state index is 14.4. The van der Waals surface area contributed by atoms with Crippen LogP contribution >= 0.6 is 0 Å². The van der Waals surface area contributed by atoms with E-state index in [-0.39, 0.29) is 35.7 Å². The maximum atomic E-state index is 14.4. The second kappa shape index (κ2) is 14.5. The Bertz CT molecular complexity index is 1370. The van der Waals surface area contributed by atoms with Crippen LogP contribution in [-0.2, 0) is 4.79 Å². The van der Waals surface area contributed by atoms with Crippen molar-refractivity contribution in [2.75, 3.05) is 13.2 Å². The molecule has 1 spiro atoms. The summed E-state index contributed by atoms with van der Waals surface area (Å²) in [5.74, 6) is 6.99. The van der Waals surface area contributed by atoms with Crippen LogP contribution in [0.3, 0.4) is 0 Å². The lowest BCUT2D eigenvalue weighted by molar-refractivity contribution is -0.133. The van der Waals surface area contributed by atoms with Crippen molar-refractivity contribution >= 4 is 23.4 Å². The highest BCUT2D eigenvalue weighted by atomic mass is 16.5. The third-order valence-corrected chi connectivity index (χ3v) is 9.11. The van der Waals surface area contributed by atoms with E-state index in [1.165, 1.54) is 0 Å². The molecule has 4 rings (SSSR count). The number of benzene rings is 2. The van der Waals surface area contributed by atoms with Crippen molar-refractivity contribution in [2.45, 2.75) is 91.8 Å². The van der Waals surface area contributed by atoms with Crippen molar-refractivity contribution < 1.29 is 14.3 Å². The molecule has 2 aromatic rings. The zero-order valence-electron chi connectivity index (χ0n) is 27.7. The molecule has 2 aromatic carbocycles. The predicted molar refractivity (Wildman–Crippen MR) is 180 cm³/mol. The second-order valence-corrected chi connectivity index (χ2v) is 13.8. The molecule has 0 bridgehead atoms. The molecule has 0 unspecified atom stereocenters. The van der Waals surface area contributed by atoms with Gasteiger partial charge in [0.1, 0.15) is 23.0 Å². The first-order valence-electron chi connectivity index (χ1n) is 16.2. The number of nitrogens with one attached hydrogen (secondary N) is 2. The fraction of sp³-hybridized carbons (Fsp3) is 0.543. The molecule has 10 heteroatoms. The summed E-state index contributed by atoms with van der Waals surface area (Å²) in [5.41, 5.74) is 10.2. The van der Waals surface area contributed by atoms with Crippen LogP contribution in [0, 0.1) is 17.3 Å². The van der Waals surface area contributed by atoms with E-state index in [1.54, 1.807) is 12.1 Å². The van der Waals surface area contributed by atoms with Crippen molar-refractivity contribution in [2.24, 2.45) is 38.9 Å². The number of hydrogen-bond acceptors (Lipinski definition) is 7. The van der Waals surface area contributed by atoms with Crippen LogP contribution in [0.4, 0.5) is 0 Å². The Morgan fingerprint density at radius 3 is 2.31 bits per heavy atom. The molecule has 1 heterocycles. The monoisotopic (exact) mass is 617 g/mol. The van der Waals surface area contributed by atoms with Gasteiger partial charge in [0.05, 0.1) is 19.2 Å². The van der Waals surface area contributed by atoms with E-state index in [9.17, 15) is 9.59 Å². The summed E-state index contributed by atoms with van der Waals surface area (Å²) in [5, 5.41) is 6.38. The van der Waals surface area contributed by atoms with Gasteiger partial charge in [-0.2, -0.15) is 5.10 Å². The number of hydrazine groups is 1. The summed E-state index contributed by atoms with van der Waals surface area (Å²) < 4.78 is 5.99. The zero-order chi connectivity index (χ0) is 32.8. The molecule has 2 aliphatic rings. The molecule has 1 atom stereocenters. The molecule has 1 saturated carbocycles. The predicted octanol–water partition coefficient (Wildman–Crippen LogP) is 5.29. The van der Waals surface area contributed by atoms with Gasteiger partial charge in [0.25, 0.3) is 11.8 Å². The molecular weight excluding hydrogens is 566 g/mol. The summed E-state index contributed by atoms with van der Waals surface area (Å²) in [4.78, 5) is 34.4. The smallest absolute Gasteiger partial charge is 0.275 e. The lowest BCUT2D eigenvalue weighted by Crippen LogP contribution is -2.51. The summed E-state index contributed by atoms with van der Waals surface area (Å²) in [6, 6.07) is 15.0. The second-order valence-electron chi connectivity index (χ2n) is 13.8. The van der Waals surface area contributed by atoms with E-state index in [2.05, 4.69) is 57.5 Å². The molecule has 0 aromatic heterocycles. The van der Waals surface area contributed by atoms with Crippen LogP contribution in [0.2, 0.25) is 0 Å². The number of nitrogens with zero attached hydrogens (tertiary/aromatic N) is 3. The van der Waals surface area contributed by atoms with Crippen LogP contribution in [-0.4, -0.2) is 47.1 Å². The molecule has 1 aliphatic carbocycles. The highest BCUT2D eigenvalue weighted by Gasteiger charge is 2.51. The van der Waals surface area contributed by atoms with E-state index < -0.39 is 5.66 Å². The SMILES string of the molecule is CC[C@H](c1ccc(C(=O)NC/C(N)=N/NN)cc1)N1C(=O)C(c2ccc(OCCC(C)(C)C)cc2)=NC12CCC(C(C)C)CC2. The Morgan fingerprint density at radius 2 is 1.76 bits per heavy atom. The van der Waals surface area contributed by atoms with Gasteiger partial charge >= 0.3 is 0 Å². The van der Waals surface area contributed by atoms with Gasteiger partial charge < -0.3 is 20.7 Å². The first kappa shape index (κ1) is 34.0. The molecule has 45 heavy (non-hydrogen) atoms. The van der Waals surface area contributed by atoms with Crippen molar-refractivity contribution in [1.82, 2.24) is 15.8 Å². The number of hydrazone groups is 1.